The van der Waals surface area contributed by atoms with Crippen LogP contribution in [0.25, 0.3) is 0 Å². The van der Waals surface area contributed by atoms with Crippen molar-refractivity contribution in [3.8, 4) is 11.5 Å². The summed E-state index contributed by atoms with van der Waals surface area (Å²) in [6.45, 7) is 4.23. The van der Waals surface area contributed by atoms with Gasteiger partial charge < -0.3 is 19.9 Å². The molecule has 1 heterocycles. The standard InChI is InChI=1S/C23H28ClNO5/c1-4-5-6-10-30-23(28)19-13(2)25-16-8-7-9-17(26)21(16)20(19)14-11-15(24)22(27)18(12-14)29-3/h11-12,20,25,27H,4-10H2,1-3H3. The van der Waals surface area contributed by atoms with Crippen molar-refractivity contribution in [3.63, 3.8) is 0 Å². The minimum Gasteiger partial charge on any atom is -0.503 e. The minimum atomic E-state index is -0.625. The number of hydrogen-bond donors (Lipinski definition) is 2. The first-order chi connectivity index (χ1) is 14.4. The summed E-state index contributed by atoms with van der Waals surface area (Å²) in [5.74, 6) is -1.06. The highest BCUT2D eigenvalue weighted by atomic mass is 35.5. The summed E-state index contributed by atoms with van der Waals surface area (Å²) in [6.07, 6.45) is 4.72. The van der Waals surface area contributed by atoms with Crippen LogP contribution in [0.5, 0.6) is 11.5 Å². The summed E-state index contributed by atoms with van der Waals surface area (Å²) in [5.41, 5.74) is 3.07. The molecule has 0 saturated carbocycles. The maximum Gasteiger partial charge on any atom is 0.336 e. The number of rotatable bonds is 7. The minimum absolute atomic E-state index is 0.000646. The second-order valence-electron chi connectivity index (χ2n) is 7.66. The van der Waals surface area contributed by atoms with Gasteiger partial charge in [-0.2, -0.15) is 0 Å². The molecule has 1 unspecified atom stereocenters. The number of nitrogens with one attached hydrogen (secondary N) is 1. The third-order valence-electron chi connectivity index (χ3n) is 5.58. The zero-order valence-electron chi connectivity index (χ0n) is 17.6. The first-order valence-corrected chi connectivity index (χ1v) is 10.7. The molecular weight excluding hydrogens is 406 g/mol. The molecular formula is C23H28ClNO5. The molecule has 6 nitrogen and oxygen atoms in total. The number of ketones is 1. The molecule has 0 radical (unpaired) electrons. The highest BCUT2D eigenvalue weighted by Crippen LogP contribution is 2.46. The van der Waals surface area contributed by atoms with Crippen LogP contribution in [0.1, 0.15) is 63.9 Å². The maximum atomic E-state index is 13.1. The monoisotopic (exact) mass is 433 g/mol. The van der Waals surface area contributed by atoms with Crippen LogP contribution >= 0.6 is 11.6 Å². The molecule has 0 saturated heterocycles. The number of unbranched alkanes of at least 4 members (excludes halogenated alkanes) is 2. The molecule has 0 amide bonds. The lowest BCUT2D eigenvalue weighted by molar-refractivity contribution is -0.139. The molecule has 1 aromatic rings. The Kier molecular flexibility index (Phi) is 7.08. The van der Waals surface area contributed by atoms with Gasteiger partial charge in [-0.25, -0.2) is 4.79 Å². The van der Waals surface area contributed by atoms with Crippen LogP contribution in [0, 0.1) is 0 Å². The predicted molar refractivity (Wildman–Crippen MR) is 115 cm³/mol. The number of carbonyl (C=O) groups is 2. The van der Waals surface area contributed by atoms with E-state index in [0.29, 0.717) is 35.4 Å². The van der Waals surface area contributed by atoms with Gasteiger partial charge in [0.2, 0.25) is 0 Å². The maximum absolute atomic E-state index is 13.1. The van der Waals surface area contributed by atoms with Crippen molar-refractivity contribution in [2.24, 2.45) is 0 Å². The second kappa shape index (κ2) is 9.56. The fraction of sp³-hybridized carbons (Fsp3) is 0.478. The normalized spacial score (nSPS) is 18.8. The molecule has 0 bridgehead atoms. The van der Waals surface area contributed by atoms with E-state index in [4.69, 9.17) is 21.1 Å². The van der Waals surface area contributed by atoms with Crippen molar-refractivity contribution in [2.45, 2.75) is 58.3 Å². The van der Waals surface area contributed by atoms with Crippen LogP contribution < -0.4 is 10.1 Å². The Hall–Kier alpha value is -2.47. The number of carbonyl (C=O) groups excluding carboxylic acids is 2. The average Bonchev–Trinajstić information content (AvgIpc) is 2.72. The van der Waals surface area contributed by atoms with E-state index < -0.39 is 11.9 Å². The Labute approximate surface area is 181 Å². The lowest BCUT2D eigenvalue weighted by atomic mass is 9.75. The molecule has 1 aliphatic carbocycles. The number of esters is 1. The van der Waals surface area contributed by atoms with E-state index in [1.54, 1.807) is 12.1 Å². The molecule has 162 valence electrons. The Morgan fingerprint density at radius 2 is 2.07 bits per heavy atom. The number of benzene rings is 1. The predicted octanol–water partition coefficient (Wildman–Crippen LogP) is 4.76. The van der Waals surface area contributed by atoms with Crippen molar-refractivity contribution in [3.05, 3.63) is 45.3 Å². The van der Waals surface area contributed by atoms with Gasteiger partial charge in [0.1, 0.15) is 0 Å². The summed E-state index contributed by atoms with van der Waals surface area (Å²) < 4.78 is 10.8. The fourth-order valence-corrected chi connectivity index (χ4v) is 4.32. The summed E-state index contributed by atoms with van der Waals surface area (Å²) in [7, 11) is 1.43. The van der Waals surface area contributed by atoms with Crippen LogP contribution in [-0.4, -0.2) is 30.6 Å². The number of hydrogen-bond acceptors (Lipinski definition) is 6. The van der Waals surface area contributed by atoms with Gasteiger partial charge >= 0.3 is 5.97 Å². The van der Waals surface area contributed by atoms with Gasteiger partial charge in [-0.15, -0.1) is 0 Å². The van der Waals surface area contributed by atoms with E-state index >= 15 is 0 Å². The molecule has 7 heteroatoms. The smallest absolute Gasteiger partial charge is 0.336 e. The zero-order chi connectivity index (χ0) is 21.8. The lowest BCUT2D eigenvalue weighted by Crippen LogP contribution is -2.34. The lowest BCUT2D eigenvalue weighted by Gasteiger charge is -2.34. The fourth-order valence-electron chi connectivity index (χ4n) is 4.10. The number of methoxy groups -OCH3 is 1. The number of halogens is 1. The van der Waals surface area contributed by atoms with Gasteiger partial charge in [0.05, 0.1) is 24.3 Å². The van der Waals surface area contributed by atoms with E-state index in [1.807, 2.05) is 6.92 Å². The topological polar surface area (TPSA) is 84.9 Å². The molecule has 2 N–H and O–H groups in total. The first-order valence-electron chi connectivity index (χ1n) is 10.4. The van der Waals surface area contributed by atoms with Crippen LogP contribution in [0.2, 0.25) is 5.02 Å². The van der Waals surface area contributed by atoms with E-state index in [9.17, 15) is 14.7 Å². The summed E-state index contributed by atoms with van der Waals surface area (Å²) >= 11 is 6.23. The molecule has 30 heavy (non-hydrogen) atoms. The van der Waals surface area contributed by atoms with E-state index in [2.05, 4.69) is 12.2 Å². The number of aromatic hydroxyl groups is 1. The Morgan fingerprint density at radius 1 is 1.30 bits per heavy atom. The molecule has 1 aliphatic heterocycles. The first kappa shape index (κ1) is 22.2. The molecule has 2 aliphatic rings. The third kappa shape index (κ3) is 4.33. The highest BCUT2D eigenvalue weighted by Gasteiger charge is 2.39. The molecule has 3 rings (SSSR count). The van der Waals surface area contributed by atoms with Gasteiger partial charge in [-0.1, -0.05) is 31.4 Å². The molecule has 1 atom stereocenters. The summed E-state index contributed by atoms with van der Waals surface area (Å²) in [5, 5.41) is 13.5. The quantitative estimate of drug-likeness (QED) is 0.476. The summed E-state index contributed by atoms with van der Waals surface area (Å²) in [4.78, 5) is 26.0. The SMILES string of the molecule is CCCCCOC(=O)C1=C(C)NC2=C(C(=O)CCC2)C1c1cc(Cl)c(O)c(OC)c1. The third-order valence-corrected chi connectivity index (χ3v) is 5.87. The van der Waals surface area contributed by atoms with Crippen LogP contribution in [0.3, 0.4) is 0 Å². The Bertz CT molecular complexity index is 918. The molecule has 0 fully saturated rings. The molecule has 1 aromatic carbocycles. The highest BCUT2D eigenvalue weighted by molar-refractivity contribution is 6.32. The van der Waals surface area contributed by atoms with Gasteiger partial charge in [0.15, 0.2) is 17.3 Å². The van der Waals surface area contributed by atoms with Crippen LogP contribution in [0.15, 0.2) is 34.7 Å². The van der Waals surface area contributed by atoms with E-state index in [1.165, 1.54) is 7.11 Å². The van der Waals surface area contributed by atoms with Gasteiger partial charge in [0.25, 0.3) is 0 Å². The van der Waals surface area contributed by atoms with Gasteiger partial charge in [0, 0.05) is 29.3 Å². The molecule has 0 aromatic heterocycles. The van der Waals surface area contributed by atoms with E-state index in [0.717, 1.165) is 37.8 Å². The van der Waals surface area contributed by atoms with Crippen molar-refractivity contribution in [2.75, 3.05) is 13.7 Å². The van der Waals surface area contributed by atoms with Crippen LogP contribution in [0.4, 0.5) is 0 Å². The van der Waals surface area contributed by atoms with Crippen molar-refractivity contribution in [1.29, 1.82) is 0 Å². The number of ether oxygens (including phenoxy) is 2. The number of Topliss-reactive ketones (excluding diaryl/α,β-unsaturated/α-hetero) is 1. The Balaban J connectivity index is 2.08. The van der Waals surface area contributed by atoms with E-state index in [-0.39, 0.29) is 22.3 Å². The number of phenolic OH excluding ortho intramolecular Hbond substituents is 1. The van der Waals surface area contributed by atoms with Gasteiger partial charge in [-0.05, 0) is 43.9 Å². The largest absolute Gasteiger partial charge is 0.503 e. The number of allylic oxidation sites excluding steroid dienone is 3. The second-order valence-corrected chi connectivity index (χ2v) is 8.07. The molecule has 0 spiro atoms. The summed E-state index contributed by atoms with van der Waals surface area (Å²) in [6, 6.07) is 3.21. The van der Waals surface area contributed by atoms with Crippen molar-refractivity contribution >= 4 is 23.4 Å². The number of phenols is 1. The van der Waals surface area contributed by atoms with Crippen LogP contribution in [-0.2, 0) is 14.3 Å². The van der Waals surface area contributed by atoms with Crippen molar-refractivity contribution in [1.82, 2.24) is 5.32 Å². The zero-order valence-corrected chi connectivity index (χ0v) is 18.4. The number of dihydropyridines is 1. The van der Waals surface area contributed by atoms with Crippen molar-refractivity contribution < 1.29 is 24.2 Å². The van der Waals surface area contributed by atoms with Gasteiger partial charge in [-0.3, -0.25) is 4.79 Å². The Morgan fingerprint density at radius 3 is 2.77 bits per heavy atom. The average molecular weight is 434 g/mol.